The zero-order chi connectivity index (χ0) is 14.7. The molecule has 0 unspecified atom stereocenters. The highest BCUT2D eigenvalue weighted by Crippen LogP contribution is 2.43. The molecule has 1 saturated carbocycles. The van der Waals surface area contributed by atoms with Gasteiger partial charge in [-0.05, 0) is 36.1 Å². The maximum absolute atomic E-state index is 12.7. The molecule has 1 aliphatic carbocycles. The van der Waals surface area contributed by atoms with Crippen molar-refractivity contribution in [1.82, 2.24) is 5.32 Å². The Morgan fingerprint density at radius 1 is 1.10 bits per heavy atom. The average Bonchev–Trinajstić information content (AvgIpc) is 2.45. The smallest absolute Gasteiger partial charge is 0.230 e. The molecular formula is C18H20N2O. The van der Waals surface area contributed by atoms with Gasteiger partial charge in [0.05, 0.1) is 5.41 Å². The van der Waals surface area contributed by atoms with Gasteiger partial charge in [-0.1, -0.05) is 48.9 Å². The second-order valence-electron chi connectivity index (χ2n) is 5.73. The van der Waals surface area contributed by atoms with Crippen LogP contribution in [0.15, 0.2) is 54.6 Å². The van der Waals surface area contributed by atoms with Crippen molar-refractivity contribution in [3.63, 3.8) is 0 Å². The van der Waals surface area contributed by atoms with Gasteiger partial charge in [0.1, 0.15) is 0 Å². The van der Waals surface area contributed by atoms with Crippen molar-refractivity contribution in [2.24, 2.45) is 0 Å². The van der Waals surface area contributed by atoms with Gasteiger partial charge in [0.15, 0.2) is 0 Å². The number of nitrogens with one attached hydrogen (secondary N) is 1. The quantitative estimate of drug-likeness (QED) is 0.846. The Morgan fingerprint density at radius 2 is 1.86 bits per heavy atom. The van der Waals surface area contributed by atoms with Crippen molar-refractivity contribution in [2.75, 3.05) is 5.73 Å². The second-order valence-corrected chi connectivity index (χ2v) is 5.73. The summed E-state index contributed by atoms with van der Waals surface area (Å²) in [6.07, 6.45) is 2.97. The number of rotatable bonds is 4. The lowest BCUT2D eigenvalue weighted by molar-refractivity contribution is -0.130. The predicted octanol–water partition coefficient (Wildman–Crippen LogP) is 3.01. The number of carbonyl (C=O) groups excluding carboxylic acids is 1. The molecule has 0 heterocycles. The first-order valence-corrected chi connectivity index (χ1v) is 7.39. The first-order valence-electron chi connectivity index (χ1n) is 7.39. The maximum atomic E-state index is 12.7. The Labute approximate surface area is 125 Å². The minimum absolute atomic E-state index is 0.127. The third-order valence-corrected chi connectivity index (χ3v) is 4.37. The summed E-state index contributed by atoms with van der Waals surface area (Å²) in [6, 6.07) is 17.7. The number of carbonyl (C=O) groups is 1. The molecule has 1 amide bonds. The summed E-state index contributed by atoms with van der Waals surface area (Å²) in [6.45, 7) is 0.526. The van der Waals surface area contributed by atoms with Crippen molar-refractivity contribution >= 4 is 11.6 Å². The fourth-order valence-electron chi connectivity index (χ4n) is 2.99. The topological polar surface area (TPSA) is 55.1 Å². The normalized spacial score (nSPS) is 16.0. The number of anilines is 1. The molecule has 1 fully saturated rings. The number of nitrogen functional groups attached to an aromatic ring is 1. The SMILES string of the molecule is Nc1cccc(CNC(=O)C2(c3ccccc3)CCC2)c1. The summed E-state index contributed by atoms with van der Waals surface area (Å²) < 4.78 is 0. The minimum atomic E-state index is -0.332. The largest absolute Gasteiger partial charge is 0.399 e. The standard InChI is InChI=1S/C18H20N2O/c19-16-9-4-6-14(12-16)13-20-17(21)18(10-5-11-18)15-7-2-1-3-8-15/h1-4,6-9,12H,5,10-11,13,19H2,(H,20,21). The molecule has 0 atom stereocenters. The number of hydrogen-bond donors (Lipinski definition) is 2. The molecule has 2 aromatic rings. The second kappa shape index (κ2) is 5.60. The Morgan fingerprint density at radius 3 is 2.48 bits per heavy atom. The number of benzene rings is 2. The molecular weight excluding hydrogens is 260 g/mol. The van der Waals surface area contributed by atoms with E-state index in [9.17, 15) is 4.79 Å². The number of hydrogen-bond acceptors (Lipinski definition) is 2. The number of amides is 1. The van der Waals surface area contributed by atoms with Crippen LogP contribution in [0.3, 0.4) is 0 Å². The lowest BCUT2D eigenvalue weighted by Crippen LogP contribution is -2.48. The van der Waals surface area contributed by atoms with Crippen LogP contribution in [-0.2, 0) is 16.8 Å². The van der Waals surface area contributed by atoms with Gasteiger partial charge in [-0.2, -0.15) is 0 Å². The molecule has 3 N–H and O–H groups in total. The summed E-state index contributed by atoms with van der Waals surface area (Å²) in [5.41, 5.74) is 8.32. The van der Waals surface area contributed by atoms with E-state index in [1.807, 2.05) is 42.5 Å². The Kier molecular flexibility index (Phi) is 3.65. The lowest BCUT2D eigenvalue weighted by atomic mass is 9.64. The third-order valence-electron chi connectivity index (χ3n) is 4.37. The van der Waals surface area contributed by atoms with Crippen LogP contribution in [0.2, 0.25) is 0 Å². The van der Waals surface area contributed by atoms with Crippen molar-refractivity contribution in [2.45, 2.75) is 31.2 Å². The van der Waals surface area contributed by atoms with Crippen LogP contribution in [0, 0.1) is 0 Å². The van der Waals surface area contributed by atoms with Crippen LogP contribution in [0.4, 0.5) is 5.69 Å². The van der Waals surface area contributed by atoms with Gasteiger partial charge >= 0.3 is 0 Å². The van der Waals surface area contributed by atoms with Crippen molar-refractivity contribution in [3.8, 4) is 0 Å². The molecule has 3 rings (SSSR count). The average molecular weight is 280 g/mol. The molecule has 3 heteroatoms. The Balaban J connectivity index is 1.72. The van der Waals surface area contributed by atoms with Crippen LogP contribution >= 0.6 is 0 Å². The van der Waals surface area contributed by atoms with Gasteiger partial charge in [0, 0.05) is 12.2 Å². The van der Waals surface area contributed by atoms with Crippen LogP contribution in [0.5, 0.6) is 0 Å². The highest BCUT2D eigenvalue weighted by atomic mass is 16.2. The zero-order valence-corrected chi connectivity index (χ0v) is 12.0. The van der Waals surface area contributed by atoms with Crippen molar-refractivity contribution in [1.29, 1.82) is 0 Å². The van der Waals surface area contributed by atoms with E-state index >= 15 is 0 Å². The van der Waals surface area contributed by atoms with Gasteiger partial charge < -0.3 is 11.1 Å². The molecule has 3 nitrogen and oxygen atoms in total. The van der Waals surface area contributed by atoms with E-state index in [4.69, 9.17) is 5.73 Å². The van der Waals surface area contributed by atoms with E-state index in [1.54, 1.807) is 0 Å². The molecule has 2 aromatic carbocycles. The highest BCUT2D eigenvalue weighted by Gasteiger charge is 2.45. The molecule has 21 heavy (non-hydrogen) atoms. The minimum Gasteiger partial charge on any atom is -0.399 e. The van der Waals surface area contributed by atoms with E-state index in [0.717, 1.165) is 36.1 Å². The predicted molar refractivity (Wildman–Crippen MR) is 84.7 cm³/mol. The van der Waals surface area contributed by atoms with Gasteiger partial charge in [0.25, 0.3) is 0 Å². The maximum Gasteiger partial charge on any atom is 0.230 e. The molecule has 0 aliphatic heterocycles. The Bertz CT molecular complexity index is 633. The molecule has 0 spiro atoms. The van der Waals surface area contributed by atoms with Gasteiger partial charge in [0.2, 0.25) is 5.91 Å². The first kappa shape index (κ1) is 13.7. The summed E-state index contributed by atoms with van der Waals surface area (Å²) in [5.74, 6) is 0.127. The van der Waals surface area contributed by atoms with Crippen molar-refractivity contribution < 1.29 is 4.79 Å². The van der Waals surface area contributed by atoms with E-state index in [1.165, 1.54) is 0 Å². The van der Waals surface area contributed by atoms with Gasteiger partial charge in [-0.25, -0.2) is 0 Å². The van der Waals surface area contributed by atoms with E-state index in [2.05, 4.69) is 17.4 Å². The molecule has 108 valence electrons. The molecule has 0 bridgehead atoms. The summed E-state index contributed by atoms with van der Waals surface area (Å²) in [7, 11) is 0. The van der Waals surface area contributed by atoms with E-state index in [0.29, 0.717) is 6.54 Å². The fourth-order valence-corrected chi connectivity index (χ4v) is 2.99. The van der Waals surface area contributed by atoms with Crippen molar-refractivity contribution in [3.05, 3.63) is 65.7 Å². The molecule has 0 radical (unpaired) electrons. The summed E-state index contributed by atoms with van der Waals surface area (Å²) in [5, 5.41) is 3.07. The number of nitrogens with two attached hydrogens (primary N) is 1. The monoisotopic (exact) mass is 280 g/mol. The molecule has 0 aromatic heterocycles. The zero-order valence-electron chi connectivity index (χ0n) is 12.0. The van der Waals surface area contributed by atoms with Gasteiger partial charge in [-0.15, -0.1) is 0 Å². The fraction of sp³-hybridized carbons (Fsp3) is 0.278. The van der Waals surface area contributed by atoms with E-state index in [-0.39, 0.29) is 11.3 Å². The summed E-state index contributed by atoms with van der Waals surface area (Å²) in [4.78, 5) is 12.7. The molecule has 1 aliphatic rings. The highest BCUT2D eigenvalue weighted by molar-refractivity contribution is 5.89. The van der Waals surface area contributed by atoms with Crippen LogP contribution < -0.4 is 11.1 Å². The van der Waals surface area contributed by atoms with E-state index < -0.39 is 0 Å². The lowest BCUT2D eigenvalue weighted by Gasteiger charge is -2.40. The van der Waals surface area contributed by atoms with Crippen LogP contribution in [-0.4, -0.2) is 5.91 Å². The van der Waals surface area contributed by atoms with Crippen LogP contribution in [0.1, 0.15) is 30.4 Å². The summed E-state index contributed by atoms with van der Waals surface area (Å²) >= 11 is 0. The third kappa shape index (κ3) is 2.64. The first-order chi connectivity index (χ1) is 10.2. The Hall–Kier alpha value is -2.29. The van der Waals surface area contributed by atoms with Crippen LogP contribution in [0.25, 0.3) is 0 Å². The molecule has 0 saturated heterocycles. The van der Waals surface area contributed by atoms with Gasteiger partial charge in [-0.3, -0.25) is 4.79 Å².